The zero-order valence-electron chi connectivity index (χ0n) is 8.23. The van der Waals surface area contributed by atoms with Crippen LogP contribution in [0.2, 0.25) is 0 Å². The minimum Gasteiger partial charge on any atom is -0.385 e. The lowest BCUT2D eigenvalue weighted by Gasteiger charge is -2.21. The molecule has 0 amide bonds. The molecule has 1 nitrogen and oxygen atoms in total. The van der Waals surface area contributed by atoms with Gasteiger partial charge in [0.1, 0.15) is 0 Å². The Morgan fingerprint density at radius 2 is 1.82 bits per heavy atom. The van der Waals surface area contributed by atoms with Crippen LogP contribution in [0.25, 0.3) is 0 Å². The molecule has 1 rings (SSSR count). The monoisotopic (exact) mass is 153 g/mol. The van der Waals surface area contributed by atoms with Gasteiger partial charge in [0.2, 0.25) is 0 Å². The largest absolute Gasteiger partial charge is 0.385 e. The van der Waals surface area contributed by atoms with Crippen LogP contribution in [0.15, 0.2) is 11.3 Å². The summed E-state index contributed by atoms with van der Waals surface area (Å²) in [4.78, 5) is 0. The van der Waals surface area contributed by atoms with E-state index in [2.05, 4.69) is 39.9 Å². The average Bonchev–Trinajstić information content (AvgIpc) is 2.17. The first-order valence-electron chi connectivity index (χ1n) is 4.48. The van der Waals surface area contributed by atoms with Gasteiger partial charge in [0.05, 0.1) is 0 Å². The Hall–Kier alpha value is -0.460. The Morgan fingerprint density at radius 3 is 2.00 bits per heavy atom. The lowest BCUT2D eigenvalue weighted by molar-refractivity contribution is 0.382. The molecule has 1 heteroatoms. The summed E-state index contributed by atoms with van der Waals surface area (Å²) >= 11 is 0. The van der Waals surface area contributed by atoms with E-state index in [1.54, 1.807) is 0 Å². The van der Waals surface area contributed by atoms with Crippen molar-refractivity contribution in [2.24, 2.45) is 11.8 Å². The Bertz CT molecular complexity index is 179. The number of rotatable bonds is 1. The molecule has 1 N–H and O–H groups in total. The molecule has 0 aliphatic carbocycles. The minimum atomic E-state index is 0.662. The van der Waals surface area contributed by atoms with Crippen LogP contribution in [0.3, 0.4) is 0 Å². The minimum absolute atomic E-state index is 0.662. The maximum atomic E-state index is 3.53. The summed E-state index contributed by atoms with van der Waals surface area (Å²) in [6.45, 7) is 11.3. The molecule has 11 heavy (non-hydrogen) atoms. The van der Waals surface area contributed by atoms with Gasteiger partial charge in [0.15, 0.2) is 0 Å². The molecule has 1 aliphatic heterocycles. The average molecular weight is 153 g/mol. The molecule has 1 aliphatic rings. The van der Waals surface area contributed by atoms with Crippen LogP contribution < -0.4 is 5.32 Å². The van der Waals surface area contributed by atoms with Gasteiger partial charge in [-0.2, -0.15) is 0 Å². The van der Waals surface area contributed by atoms with Gasteiger partial charge >= 0.3 is 0 Å². The fourth-order valence-corrected chi connectivity index (χ4v) is 1.84. The fraction of sp³-hybridized carbons (Fsp3) is 0.800. The van der Waals surface area contributed by atoms with Gasteiger partial charge in [0, 0.05) is 11.7 Å². The summed E-state index contributed by atoms with van der Waals surface area (Å²) < 4.78 is 0. The van der Waals surface area contributed by atoms with Gasteiger partial charge < -0.3 is 5.32 Å². The number of allylic oxidation sites excluding steroid dienone is 1. The first-order chi connectivity index (χ1) is 5.04. The van der Waals surface area contributed by atoms with Crippen LogP contribution in [-0.4, -0.2) is 6.04 Å². The first-order valence-corrected chi connectivity index (χ1v) is 4.48. The highest BCUT2D eigenvalue weighted by atomic mass is 15.0. The predicted octanol–water partition coefficient (Wildman–Crippen LogP) is 2.54. The Kier molecular flexibility index (Phi) is 2.26. The summed E-state index contributed by atoms with van der Waals surface area (Å²) in [5.41, 5.74) is 2.92. The molecular formula is C10H19N. The van der Waals surface area contributed by atoms with Crippen LogP contribution in [-0.2, 0) is 0 Å². The molecule has 0 bridgehead atoms. The Labute approximate surface area is 69.9 Å². The van der Waals surface area contributed by atoms with Crippen molar-refractivity contribution in [3.05, 3.63) is 11.3 Å². The molecule has 1 heterocycles. The highest BCUT2D eigenvalue weighted by molar-refractivity contribution is 5.20. The van der Waals surface area contributed by atoms with Gasteiger partial charge in [-0.3, -0.25) is 0 Å². The summed E-state index contributed by atoms with van der Waals surface area (Å²) in [5.74, 6) is 1.45. The molecule has 0 aromatic heterocycles. The van der Waals surface area contributed by atoms with Crippen molar-refractivity contribution >= 4 is 0 Å². The second-order valence-corrected chi connectivity index (χ2v) is 4.01. The van der Waals surface area contributed by atoms with Crippen LogP contribution >= 0.6 is 0 Å². The van der Waals surface area contributed by atoms with Gasteiger partial charge in [-0.15, -0.1) is 0 Å². The SMILES string of the molecule is CC1=C(C)C(C)C(C(C)C)N1. The van der Waals surface area contributed by atoms with Crippen molar-refractivity contribution in [3.8, 4) is 0 Å². The predicted molar refractivity (Wildman–Crippen MR) is 49.3 cm³/mol. The summed E-state index contributed by atoms with van der Waals surface area (Å²) in [6, 6.07) is 0.662. The van der Waals surface area contributed by atoms with E-state index in [9.17, 15) is 0 Å². The van der Waals surface area contributed by atoms with Crippen molar-refractivity contribution in [1.29, 1.82) is 0 Å². The van der Waals surface area contributed by atoms with Crippen molar-refractivity contribution < 1.29 is 0 Å². The molecule has 0 aromatic carbocycles. The highest BCUT2D eigenvalue weighted by Crippen LogP contribution is 2.28. The molecular weight excluding hydrogens is 134 g/mol. The Morgan fingerprint density at radius 1 is 1.27 bits per heavy atom. The van der Waals surface area contributed by atoms with Crippen LogP contribution in [0, 0.1) is 11.8 Å². The molecule has 2 unspecified atom stereocenters. The molecule has 0 fully saturated rings. The maximum absolute atomic E-state index is 3.53. The van der Waals surface area contributed by atoms with Crippen LogP contribution in [0.4, 0.5) is 0 Å². The normalized spacial score (nSPS) is 31.5. The Balaban J connectivity index is 2.70. The van der Waals surface area contributed by atoms with Crippen molar-refractivity contribution in [2.75, 3.05) is 0 Å². The van der Waals surface area contributed by atoms with Gasteiger partial charge in [-0.05, 0) is 31.3 Å². The van der Waals surface area contributed by atoms with E-state index >= 15 is 0 Å². The number of hydrogen-bond acceptors (Lipinski definition) is 1. The second kappa shape index (κ2) is 2.88. The third-order valence-corrected chi connectivity index (χ3v) is 2.91. The van der Waals surface area contributed by atoms with Gasteiger partial charge in [-0.1, -0.05) is 20.8 Å². The molecule has 0 saturated heterocycles. The number of nitrogens with one attached hydrogen (secondary N) is 1. The molecule has 0 saturated carbocycles. The molecule has 0 radical (unpaired) electrons. The van der Waals surface area contributed by atoms with E-state index in [-0.39, 0.29) is 0 Å². The molecule has 0 aromatic rings. The zero-order valence-corrected chi connectivity index (χ0v) is 8.23. The lowest BCUT2D eigenvalue weighted by Crippen LogP contribution is -2.32. The van der Waals surface area contributed by atoms with E-state index in [1.807, 2.05) is 0 Å². The summed E-state index contributed by atoms with van der Waals surface area (Å²) in [5, 5.41) is 3.53. The molecule has 0 spiro atoms. The smallest absolute Gasteiger partial charge is 0.0344 e. The maximum Gasteiger partial charge on any atom is 0.0344 e. The van der Waals surface area contributed by atoms with E-state index in [1.165, 1.54) is 11.3 Å². The zero-order chi connectivity index (χ0) is 8.59. The van der Waals surface area contributed by atoms with Crippen molar-refractivity contribution in [1.82, 2.24) is 5.32 Å². The third-order valence-electron chi connectivity index (χ3n) is 2.91. The highest BCUT2D eigenvalue weighted by Gasteiger charge is 2.28. The number of hydrogen-bond donors (Lipinski definition) is 1. The molecule has 2 atom stereocenters. The topological polar surface area (TPSA) is 12.0 Å². The van der Waals surface area contributed by atoms with E-state index < -0.39 is 0 Å². The fourth-order valence-electron chi connectivity index (χ4n) is 1.84. The lowest BCUT2D eigenvalue weighted by atomic mass is 9.90. The third kappa shape index (κ3) is 1.42. The molecule has 64 valence electrons. The summed E-state index contributed by atoms with van der Waals surface area (Å²) in [7, 11) is 0. The van der Waals surface area contributed by atoms with Gasteiger partial charge in [-0.25, -0.2) is 0 Å². The quantitative estimate of drug-likeness (QED) is 0.610. The second-order valence-electron chi connectivity index (χ2n) is 4.01. The van der Waals surface area contributed by atoms with E-state index in [0.717, 1.165) is 11.8 Å². The van der Waals surface area contributed by atoms with E-state index in [0.29, 0.717) is 6.04 Å². The standard InChI is InChI=1S/C10H19N/c1-6(2)10-8(4)7(3)9(5)11-10/h6,8,10-11H,1-5H3. The van der Waals surface area contributed by atoms with Crippen LogP contribution in [0.1, 0.15) is 34.6 Å². The summed E-state index contributed by atoms with van der Waals surface area (Å²) in [6.07, 6.45) is 0. The van der Waals surface area contributed by atoms with Crippen molar-refractivity contribution in [2.45, 2.75) is 40.7 Å². The first kappa shape index (κ1) is 8.63. The van der Waals surface area contributed by atoms with Gasteiger partial charge in [0.25, 0.3) is 0 Å². The van der Waals surface area contributed by atoms with Crippen molar-refractivity contribution in [3.63, 3.8) is 0 Å². The van der Waals surface area contributed by atoms with E-state index in [4.69, 9.17) is 0 Å². The van der Waals surface area contributed by atoms with Crippen LogP contribution in [0.5, 0.6) is 0 Å².